The highest BCUT2D eigenvalue weighted by Crippen LogP contribution is 2.42. The molecule has 3 fully saturated rings. The number of ketones is 1. The highest BCUT2D eigenvalue weighted by molar-refractivity contribution is 7.80. The summed E-state index contributed by atoms with van der Waals surface area (Å²) in [7, 11) is 3.98. The van der Waals surface area contributed by atoms with Crippen LogP contribution in [0.5, 0.6) is 11.5 Å². The first-order chi connectivity index (χ1) is 43.7. The molecule has 18 unspecified atom stereocenters. The van der Waals surface area contributed by atoms with E-state index in [0.29, 0.717) is 35.3 Å². The number of likely N-dealkylation sites (N-methyl/N-ethyl adjacent to an activating group) is 1. The molecule has 0 saturated carbocycles. The van der Waals surface area contributed by atoms with Crippen molar-refractivity contribution >= 4 is 39.1 Å². The van der Waals surface area contributed by atoms with Gasteiger partial charge in [-0.1, -0.05) is 136 Å². The number of carbonyl (C=O) groups excluding carboxylic acids is 3. The van der Waals surface area contributed by atoms with E-state index in [4.69, 9.17) is 51.6 Å². The lowest BCUT2D eigenvalue weighted by molar-refractivity contribution is -0.319. The van der Waals surface area contributed by atoms with E-state index >= 15 is 0 Å². The summed E-state index contributed by atoms with van der Waals surface area (Å²) in [4.78, 5) is 55.5. The first-order valence-corrected chi connectivity index (χ1v) is 34.5. The third kappa shape index (κ3) is 22.4. The van der Waals surface area contributed by atoms with Gasteiger partial charge in [0.2, 0.25) is 11.2 Å². The van der Waals surface area contributed by atoms with Crippen molar-refractivity contribution in [3.63, 3.8) is 0 Å². The fourth-order valence-electron chi connectivity index (χ4n) is 12.8. The van der Waals surface area contributed by atoms with Gasteiger partial charge >= 0.3 is 22.3 Å². The lowest BCUT2D eigenvalue weighted by Crippen LogP contribution is -2.61. The average Bonchev–Trinajstić information content (AvgIpc) is 0.788. The van der Waals surface area contributed by atoms with Gasteiger partial charge in [-0.3, -0.25) is 23.7 Å². The number of cyclic esters (lactones) is 1. The van der Waals surface area contributed by atoms with E-state index in [2.05, 4.69) is 11.1 Å². The van der Waals surface area contributed by atoms with Crippen LogP contribution in [0.1, 0.15) is 179 Å². The van der Waals surface area contributed by atoms with E-state index < -0.39 is 124 Å². The summed E-state index contributed by atoms with van der Waals surface area (Å²) in [6.07, 6.45) is 2.17. The topological polar surface area (TPSA) is 312 Å². The van der Waals surface area contributed by atoms with Crippen molar-refractivity contribution in [2.24, 2.45) is 23.7 Å². The predicted molar refractivity (Wildman–Crippen MR) is 351 cm³/mol. The van der Waals surface area contributed by atoms with E-state index in [9.17, 15) is 48.0 Å². The third-order valence-corrected chi connectivity index (χ3v) is 18.8. The number of aliphatic hydroxyl groups excluding tert-OH is 2. The number of aliphatic hydroxyl groups is 4. The maximum absolute atomic E-state index is 14.2. The maximum Gasteiger partial charge on any atom is 0.397 e. The molecule has 530 valence electrons. The Morgan fingerprint density at radius 3 is 1.90 bits per heavy atom. The standard InChI is InChI=1S/C40H71NO14.C17H14O4.C12H26O4S/c1-15-27-40(11,48)33(44)22(5)30(43)20(3)18-38(9,47)35(55-37-32(53-28(42)16-2)26(41(12)13)17-21(4)50-37)23(6)31(24(7)36(46)52-27)54-29-19-39(10,49-14)34(45)25(8)51-29;1-19-13-10-6-9-12-14(18)17(20-2)15(21-16(12)13)11-7-4-3-5-8-11;1-2-3-4-5-6-7-8-9-10-11-12-16-17(13,14)15/h20-27,29,31-35,37,44-45,47-48H,15-19H2,1-14H3;3-10H,1-2H3;2-12H2,1H3,(H,13,14,15). The van der Waals surface area contributed by atoms with Crippen molar-refractivity contribution in [3.8, 4) is 22.8 Å². The number of rotatable bonds is 24. The molecule has 6 rings (SSSR count). The van der Waals surface area contributed by atoms with Gasteiger partial charge in [0, 0.05) is 43.3 Å². The minimum absolute atomic E-state index is 0.0760. The maximum atomic E-state index is 14.2. The molecule has 3 aliphatic heterocycles. The number of hydrogen-bond acceptors (Lipinski definition) is 22. The molecule has 3 saturated heterocycles. The number of carbonyl (C=O) groups is 3. The summed E-state index contributed by atoms with van der Waals surface area (Å²) in [5.41, 5.74) is -3.94. The molecular weight excluding hydrogens is 1230 g/mol. The molecule has 3 aliphatic rings. The van der Waals surface area contributed by atoms with Crippen LogP contribution in [0, 0.1) is 23.7 Å². The quantitative estimate of drug-likeness (QED) is 0.0316. The van der Waals surface area contributed by atoms with Gasteiger partial charge in [-0.15, -0.1) is 0 Å². The number of benzene rings is 2. The molecule has 0 amide bonds. The number of esters is 2. The zero-order valence-corrected chi connectivity index (χ0v) is 58.9. The summed E-state index contributed by atoms with van der Waals surface area (Å²) in [5, 5.41) is 47.0. The van der Waals surface area contributed by atoms with Crippen LogP contribution in [0.4, 0.5) is 0 Å². The SMILES string of the molecule is CCC(=O)OC1C(OC2C(C)C(OC3CC(C)(OC)C(O)C(C)O3)C(C)C(=O)OC(CC)C(C)(O)C(O)C(C)C(=O)C(C)CC2(C)O)OC(C)CC1N(C)C.CCCCCCCCCCCCOS(=O)(=O)O.COc1c(-c2ccccc2)oc2c(OC)cccc2c1=O. The molecule has 24 heteroatoms. The Morgan fingerprint density at radius 2 is 1.35 bits per heavy atom. The second-order valence-corrected chi connectivity index (χ2v) is 27.3. The molecule has 0 spiro atoms. The molecule has 23 nitrogen and oxygen atoms in total. The Labute approximate surface area is 551 Å². The highest BCUT2D eigenvalue weighted by atomic mass is 32.3. The lowest BCUT2D eigenvalue weighted by atomic mass is 9.74. The van der Waals surface area contributed by atoms with E-state index in [1.165, 1.54) is 79.9 Å². The Balaban J connectivity index is 0.000000390. The number of nitrogens with zero attached hydrogens (tertiary/aromatic N) is 1. The third-order valence-electron chi connectivity index (χ3n) is 18.4. The number of hydrogen-bond donors (Lipinski definition) is 5. The molecule has 5 N–H and O–H groups in total. The minimum atomic E-state index is -4.23. The van der Waals surface area contributed by atoms with Gasteiger partial charge in [-0.2, -0.15) is 8.42 Å². The van der Waals surface area contributed by atoms with Crippen LogP contribution in [0.15, 0.2) is 57.7 Å². The van der Waals surface area contributed by atoms with Crippen LogP contribution >= 0.6 is 0 Å². The van der Waals surface area contributed by atoms with E-state index in [1.807, 2.05) is 56.3 Å². The Kier molecular flexibility index (Phi) is 32.3. The Morgan fingerprint density at radius 1 is 0.742 bits per heavy atom. The molecule has 18 atom stereocenters. The number of fused-ring (bicyclic) bond motifs is 1. The smallest absolute Gasteiger partial charge is 0.397 e. The minimum Gasteiger partial charge on any atom is -0.493 e. The largest absolute Gasteiger partial charge is 0.493 e. The Hall–Kier alpha value is -4.67. The van der Waals surface area contributed by atoms with Gasteiger partial charge in [0.25, 0.3) is 0 Å². The summed E-state index contributed by atoms with van der Waals surface area (Å²) in [5.74, 6) is -4.47. The Bertz CT molecular complexity index is 2940. The highest BCUT2D eigenvalue weighted by Gasteiger charge is 2.54. The van der Waals surface area contributed by atoms with Gasteiger partial charge in [0.1, 0.15) is 23.6 Å². The van der Waals surface area contributed by atoms with E-state index in [1.54, 1.807) is 73.8 Å². The number of para-hydroxylation sites is 1. The lowest BCUT2D eigenvalue weighted by Gasteiger charge is -2.49. The van der Waals surface area contributed by atoms with Crippen LogP contribution in [0.3, 0.4) is 0 Å². The summed E-state index contributed by atoms with van der Waals surface area (Å²) >= 11 is 0. The van der Waals surface area contributed by atoms with Crippen LogP contribution in [-0.2, 0) is 62.1 Å². The molecule has 4 heterocycles. The average molecular weight is 1340 g/mol. The summed E-state index contributed by atoms with van der Waals surface area (Å²) < 4.78 is 93.1. The first-order valence-electron chi connectivity index (χ1n) is 33.1. The zero-order chi connectivity index (χ0) is 69.8. The van der Waals surface area contributed by atoms with Gasteiger partial charge in [-0.05, 0) is 93.5 Å². The zero-order valence-electron chi connectivity index (χ0n) is 58.1. The molecule has 0 radical (unpaired) electrons. The van der Waals surface area contributed by atoms with Crippen LogP contribution in [0.25, 0.3) is 22.3 Å². The summed E-state index contributed by atoms with van der Waals surface area (Å²) in [6.45, 7) is 20.3. The molecule has 0 bridgehead atoms. The van der Waals surface area contributed by atoms with Crippen molar-refractivity contribution in [1.82, 2.24) is 4.90 Å². The first kappa shape index (κ1) is 80.8. The van der Waals surface area contributed by atoms with Crippen molar-refractivity contribution in [1.29, 1.82) is 0 Å². The number of Topliss-reactive ketones (excluding diaryl/α,β-unsaturated/α-hetero) is 1. The normalized spacial score (nSPS) is 32.3. The van der Waals surface area contributed by atoms with Crippen molar-refractivity contribution in [2.45, 2.75) is 264 Å². The van der Waals surface area contributed by atoms with E-state index in [-0.39, 0.29) is 55.6 Å². The second-order valence-electron chi connectivity index (χ2n) is 26.2. The summed E-state index contributed by atoms with van der Waals surface area (Å²) in [6, 6.07) is 14.3. The van der Waals surface area contributed by atoms with Crippen molar-refractivity contribution < 1.29 is 99.0 Å². The molecule has 1 aromatic heterocycles. The monoisotopic (exact) mass is 1340 g/mol. The molecule has 3 aromatic rings. The van der Waals surface area contributed by atoms with E-state index in [0.717, 1.165) is 18.4 Å². The van der Waals surface area contributed by atoms with Crippen molar-refractivity contribution in [3.05, 3.63) is 58.8 Å². The van der Waals surface area contributed by atoms with Crippen LogP contribution in [-0.4, -0.2) is 182 Å². The molecule has 0 aliphatic carbocycles. The predicted octanol–water partition coefficient (Wildman–Crippen LogP) is 9.95. The molecule has 2 aromatic carbocycles. The van der Waals surface area contributed by atoms with Crippen molar-refractivity contribution in [2.75, 3.05) is 42.0 Å². The molecular formula is C69H111NO22S. The number of ether oxygens (including phenoxy) is 9. The van der Waals surface area contributed by atoms with Gasteiger partial charge in [0.15, 0.2) is 35.8 Å². The fraction of sp³-hybridized carbons (Fsp3) is 0.739. The second kappa shape index (κ2) is 37.2. The van der Waals surface area contributed by atoms with Gasteiger partial charge < -0.3 is 72.4 Å². The van der Waals surface area contributed by atoms with Crippen LogP contribution in [0.2, 0.25) is 0 Å². The van der Waals surface area contributed by atoms with Gasteiger partial charge in [-0.25, -0.2) is 4.18 Å². The number of unbranched alkanes of at least 4 members (excludes halogenated alkanes) is 9. The van der Waals surface area contributed by atoms with Crippen LogP contribution < -0.4 is 14.9 Å². The molecule has 93 heavy (non-hydrogen) atoms. The van der Waals surface area contributed by atoms with Gasteiger partial charge in [0.05, 0.1) is 79.9 Å². The fourth-order valence-corrected chi connectivity index (χ4v) is 13.1. The number of methoxy groups -OCH3 is 3.